The molecule has 0 spiro atoms. The fraction of sp³-hybridized carbons (Fsp3) is 0.156. The van der Waals surface area contributed by atoms with Gasteiger partial charge in [-0.2, -0.15) is 5.26 Å². The van der Waals surface area contributed by atoms with E-state index in [4.69, 9.17) is 5.73 Å². The van der Waals surface area contributed by atoms with Crippen molar-refractivity contribution in [2.45, 2.75) is 33.2 Å². The molecule has 194 valence electrons. The van der Waals surface area contributed by atoms with Crippen LogP contribution < -0.4 is 16.4 Å². The lowest BCUT2D eigenvalue weighted by Crippen LogP contribution is -2.23. The van der Waals surface area contributed by atoms with Gasteiger partial charge in [-0.05, 0) is 41.7 Å². The van der Waals surface area contributed by atoms with Crippen LogP contribution in [0, 0.1) is 18.3 Å². The fourth-order valence-corrected chi connectivity index (χ4v) is 5.70. The van der Waals surface area contributed by atoms with Crippen LogP contribution in [0.2, 0.25) is 0 Å². The number of nitrogens with zero attached hydrogens (tertiary/aromatic N) is 2. The average molecular weight is 532 g/mol. The van der Waals surface area contributed by atoms with Crippen molar-refractivity contribution in [1.29, 1.82) is 5.26 Å². The molecule has 2 heterocycles. The van der Waals surface area contributed by atoms with Crippen molar-refractivity contribution in [1.82, 2.24) is 10.3 Å². The number of amides is 1. The molecule has 0 unspecified atom stereocenters. The standard InChI is InChI=1S/C32H29N5OS/c1-19(2)22-13-15-24(16-14-22)36-32-27(31(38)35-18-21-7-5-4-6-8-21)28-29(39-32)26(25(17-33)30(34)37-28)23-11-9-20(3)10-12-23/h4-16,19,36H,18H2,1-3H3,(H2,34,37)(H,35,38). The Hall–Kier alpha value is -4.67. The van der Waals surface area contributed by atoms with Gasteiger partial charge in [-0.25, -0.2) is 4.98 Å². The number of nitrogens with one attached hydrogen (secondary N) is 2. The van der Waals surface area contributed by atoms with Gasteiger partial charge < -0.3 is 16.4 Å². The Morgan fingerprint density at radius 3 is 2.36 bits per heavy atom. The molecule has 0 atom stereocenters. The van der Waals surface area contributed by atoms with Crippen LogP contribution in [0.25, 0.3) is 21.3 Å². The van der Waals surface area contributed by atoms with Gasteiger partial charge in [-0.1, -0.05) is 86.1 Å². The van der Waals surface area contributed by atoms with Gasteiger partial charge in [0.1, 0.15) is 28.0 Å². The van der Waals surface area contributed by atoms with Gasteiger partial charge in [0.2, 0.25) is 0 Å². The molecule has 4 N–H and O–H groups in total. The molecule has 5 rings (SSSR count). The highest BCUT2D eigenvalue weighted by Gasteiger charge is 2.26. The van der Waals surface area contributed by atoms with E-state index >= 15 is 0 Å². The van der Waals surface area contributed by atoms with E-state index in [1.807, 2.05) is 73.7 Å². The Morgan fingerprint density at radius 1 is 1.03 bits per heavy atom. The molecule has 1 amide bonds. The van der Waals surface area contributed by atoms with Crippen LogP contribution in [0.15, 0.2) is 78.9 Å². The zero-order chi connectivity index (χ0) is 27.5. The van der Waals surface area contributed by atoms with Gasteiger partial charge in [0.25, 0.3) is 5.91 Å². The zero-order valence-corrected chi connectivity index (χ0v) is 22.9. The molecule has 0 aliphatic heterocycles. The summed E-state index contributed by atoms with van der Waals surface area (Å²) in [5.41, 5.74) is 13.2. The predicted octanol–water partition coefficient (Wildman–Crippen LogP) is 7.52. The maximum absolute atomic E-state index is 13.7. The van der Waals surface area contributed by atoms with Gasteiger partial charge in [0.05, 0.1) is 10.2 Å². The maximum atomic E-state index is 13.7. The molecule has 0 fully saturated rings. The van der Waals surface area contributed by atoms with Gasteiger partial charge >= 0.3 is 0 Å². The summed E-state index contributed by atoms with van der Waals surface area (Å²) in [5.74, 6) is 0.248. The Morgan fingerprint density at radius 2 is 1.72 bits per heavy atom. The number of aryl methyl sites for hydroxylation is 1. The summed E-state index contributed by atoms with van der Waals surface area (Å²) in [6.07, 6.45) is 0. The van der Waals surface area contributed by atoms with Crippen molar-refractivity contribution >= 4 is 44.0 Å². The third kappa shape index (κ3) is 5.33. The van der Waals surface area contributed by atoms with E-state index in [1.54, 1.807) is 0 Å². The molecule has 0 radical (unpaired) electrons. The number of fused-ring (bicyclic) bond motifs is 1. The van der Waals surface area contributed by atoms with Crippen LogP contribution in [0.3, 0.4) is 0 Å². The van der Waals surface area contributed by atoms with E-state index in [2.05, 4.69) is 47.7 Å². The second-order valence-corrected chi connectivity index (χ2v) is 10.8. The van der Waals surface area contributed by atoms with Crippen molar-refractivity contribution in [2.24, 2.45) is 0 Å². The van der Waals surface area contributed by atoms with E-state index in [1.165, 1.54) is 16.9 Å². The van der Waals surface area contributed by atoms with Gasteiger partial charge in [0.15, 0.2) is 0 Å². The van der Waals surface area contributed by atoms with Gasteiger partial charge in [0, 0.05) is 17.8 Å². The number of rotatable bonds is 7. The minimum atomic E-state index is -0.266. The van der Waals surface area contributed by atoms with Crippen molar-refractivity contribution in [3.05, 3.63) is 107 Å². The van der Waals surface area contributed by atoms with E-state index in [0.29, 0.717) is 39.7 Å². The summed E-state index contributed by atoms with van der Waals surface area (Å²) in [5, 5.41) is 17.1. The monoisotopic (exact) mass is 531 g/mol. The van der Waals surface area contributed by atoms with Crippen molar-refractivity contribution < 1.29 is 4.79 Å². The molecule has 2 aromatic heterocycles. The number of carbonyl (C=O) groups excluding carboxylic acids is 1. The number of thiophene rings is 1. The van der Waals surface area contributed by atoms with E-state index in [0.717, 1.165) is 27.1 Å². The van der Waals surface area contributed by atoms with Crippen LogP contribution in [0.1, 0.15) is 52.4 Å². The number of benzene rings is 3. The first-order valence-corrected chi connectivity index (χ1v) is 13.6. The second-order valence-electron chi connectivity index (χ2n) is 9.78. The number of anilines is 3. The molecule has 3 aromatic carbocycles. The summed E-state index contributed by atoms with van der Waals surface area (Å²) in [4.78, 5) is 18.3. The first-order chi connectivity index (χ1) is 18.9. The zero-order valence-electron chi connectivity index (χ0n) is 22.1. The summed E-state index contributed by atoms with van der Waals surface area (Å²) in [6, 6.07) is 28.1. The molecule has 0 saturated carbocycles. The third-order valence-corrected chi connectivity index (χ3v) is 7.77. The Labute approximate surface area is 232 Å². The normalized spacial score (nSPS) is 10.9. The van der Waals surface area contributed by atoms with Crippen molar-refractivity contribution in [2.75, 3.05) is 11.1 Å². The average Bonchev–Trinajstić information content (AvgIpc) is 3.29. The Bertz CT molecular complexity index is 1680. The number of carbonyl (C=O) groups is 1. The van der Waals surface area contributed by atoms with Gasteiger partial charge in [-0.3, -0.25) is 4.79 Å². The molecule has 0 saturated heterocycles. The van der Waals surface area contributed by atoms with Gasteiger partial charge in [-0.15, -0.1) is 11.3 Å². The molecular weight excluding hydrogens is 502 g/mol. The lowest BCUT2D eigenvalue weighted by atomic mass is 9.99. The number of hydrogen-bond donors (Lipinski definition) is 3. The lowest BCUT2D eigenvalue weighted by Gasteiger charge is -2.11. The first-order valence-electron chi connectivity index (χ1n) is 12.8. The number of nitrogens with two attached hydrogens (primary N) is 1. The molecule has 0 aliphatic rings. The first kappa shape index (κ1) is 26.0. The molecular formula is C32H29N5OS. The molecule has 7 heteroatoms. The molecule has 5 aromatic rings. The van der Waals surface area contributed by atoms with E-state index in [9.17, 15) is 10.1 Å². The highest BCUT2D eigenvalue weighted by atomic mass is 32.1. The molecule has 6 nitrogen and oxygen atoms in total. The number of nitriles is 1. The summed E-state index contributed by atoms with van der Waals surface area (Å²) in [6.45, 7) is 6.69. The summed E-state index contributed by atoms with van der Waals surface area (Å²) in [7, 11) is 0. The van der Waals surface area contributed by atoms with Crippen LogP contribution in [-0.4, -0.2) is 10.9 Å². The van der Waals surface area contributed by atoms with Crippen molar-refractivity contribution in [3.63, 3.8) is 0 Å². The minimum Gasteiger partial charge on any atom is -0.383 e. The SMILES string of the molecule is Cc1ccc(-c2c(C#N)c(N)nc3c(C(=O)NCc4ccccc4)c(Nc4ccc(C(C)C)cc4)sc23)cc1. The Kier molecular flexibility index (Phi) is 7.31. The largest absolute Gasteiger partial charge is 0.383 e. The number of nitrogen functional groups attached to an aromatic ring is 1. The highest BCUT2D eigenvalue weighted by Crippen LogP contribution is 2.44. The third-order valence-electron chi connectivity index (χ3n) is 6.66. The quantitative estimate of drug-likeness (QED) is 0.201. The lowest BCUT2D eigenvalue weighted by molar-refractivity contribution is 0.0953. The number of pyridine rings is 1. The minimum absolute atomic E-state index is 0.100. The molecule has 0 bridgehead atoms. The summed E-state index contributed by atoms with van der Waals surface area (Å²) >= 11 is 1.40. The van der Waals surface area contributed by atoms with E-state index < -0.39 is 0 Å². The topological polar surface area (TPSA) is 104 Å². The Balaban J connectivity index is 1.66. The fourth-order valence-electron chi connectivity index (χ4n) is 4.47. The number of aromatic nitrogens is 1. The van der Waals surface area contributed by atoms with Crippen LogP contribution >= 0.6 is 11.3 Å². The second kappa shape index (κ2) is 11.0. The maximum Gasteiger partial charge on any atom is 0.256 e. The predicted molar refractivity (Wildman–Crippen MR) is 160 cm³/mol. The summed E-state index contributed by atoms with van der Waals surface area (Å²) < 4.78 is 0.732. The van der Waals surface area contributed by atoms with E-state index in [-0.39, 0.29) is 11.7 Å². The number of hydrogen-bond acceptors (Lipinski definition) is 6. The van der Waals surface area contributed by atoms with Crippen LogP contribution in [-0.2, 0) is 6.54 Å². The van der Waals surface area contributed by atoms with Crippen molar-refractivity contribution in [3.8, 4) is 17.2 Å². The molecule has 39 heavy (non-hydrogen) atoms. The highest BCUT2D eigenvalue weighted by molar-refractivity contribution is 7.24. The van der Waals surface area contributed by atoms with Crippen LogP contribution in [0.5, 0.6) is 0 Å². The van der Waals surface area contributed by atoms with Crippen LogP contribution in [0.4, 0.5) is 16.5 Å². The molecule has 0 aliphatic carbocycles. The smallest absolute Gasteiger partial charge is 0.256 e.